The summed E-state index contributed by atoms with van der Waals surface area (Å²) in [6, 6.07) is 58.6. The molecule has 0 amide bonds. The van der Waals surface area contributed by atoms with Crippen molar-refractivity contribution in [2.45, 2.75) is 44.9 Å². The highest BCUT2D eigenvalue weighted by Gasteiger charge is 2.41. The average molecular weight is 694 g/mol. The van der Waals surface area contributed by atoms with Crippen molar-refractivity contribution in [2.75, 3.05) is 4.90 Å². The van der Waals surface area contributed by atoms with Crippen LogP contribution in [0.3, 0.4) is 0 Å². The lowest BCUT2D eigenvalue weighted by molar-refractivity contribution is 0.660. The molecule has 3 aliphatic carbocycles. The molecule has 0 aliphatic heterocycles. The third-order valence-corrected chi connectivity index (χ3v) is 12.0. The van der Waals surface area contributed by atoms with Crippen molar-refractivity contribution in [3.63, 3.8) is 0 Å². The number of rotatable bonds is 7. The number of nitrogens with zero attached hydrogens (tertiary/aromatic N) is 1. The van der Waals surface area contributed by atoms with Crippen molar-refractivity contribution >= 4 is 22.6 Å². The Morgan fingerprint density at radius 2 is 1.00 bits per heavy atom. The quantitative estimate of drug-likeness (QED) is 0.161. The van der Waals surface area contributed by atoms with E-state index in [2.05, 4.69) is 195 Å². The van der Waals surface area contributed by atoms with E-state index in [-0.39, 0.29) is 5.41 Å². The second-order valence-electron chi connectivity index (χ2n) is 15.6. The van der Waals surface area contributed by atoms with Crippen molar-refractivity contribution in [1.29, 1.82) is 0 Å². The van der Waals surface area contributed by atoms with Crippen LogP contribution in [0.15, 0.2) is 176 Å². The Labute approximate surface area is 319 Å². The fourth-order valence-electron chi connectivity index (χ4n) is 9.14. The zero-order chi connectivity index (χ0) is 36.2. The second-order valence-corrected chi connectivity index (χ2v) is 15.6. The molecule has 1 nitrogen and oxygen atoms in total. The van der Waals surface area contributed by atoms with Gasteiger partial charge >= 0.3 is 0 Å². The molecular weight excluding hydrogens is 651 g/mol. The molecule has 1 heteroatoms. The smallest absolute Gasteiger partial charge is 0.0539 e. The summed E-state index contributed by atoms with van der Waals surface area (Å²) in [5.41, 5.74) is 22.4. The van der Waals surface area contributed by atoms with Crippen LogP contribution in [-0.4, -0.2) is 0 Å². The Kier molecular flexibility index (Phi) is 7.84. The molecule has 0 saturated heterocycles. The Morgan fingerprint density at radius 3 is 1.63 bits per heavy atom. The first-order chi connectivity index (χ1) is 26.5. The molecule has 0 bridgehead atoms. The molecule has 0 spiro atoms. The predicted molar refractivity (Wildman–Crippen MR) is 229 cm³/mol. The summed E-state index contributed by atoms with van der Waals surface area (Å²) in [6.45, 7) is 4.88. The SMILES string of the molecule is CC1(C)c2cc(-c3ccc(-c4ccccc4)cc3)cc3c2-c2c(cc(N(c4ccc(-c5ccccc5)cc4)c4ccccc4C4=CCCC=C4)cc21)CC3. The van der Waals surface area contributed by atoms with Crippen molar-refractivity contribution < 1.29 is 0 Å². The zero-order valence-corrected chi connectivity index (χ0v) is 31.0. The Bertz CT molecular complexity index is 2590. The summed E-state index contributed by atoms with van der Waals surface area (Å²) in [6.07, 6.45) is 11.3. The van der Waals surface area contributed by atoms with Crippen molar-refractivity contribution in [1.82, 2.24) is 0 Å². The Balaban J connectivity index is 1.10. The van der Waals surface area contributed by atoms with E-state index >= 15 is 0 Å². The monoisotopic (exact) mass is 693 g/mol. The van der Waals surface area contributed by atoms with Gasteiger partial charge in [-0.05, 0) is 134 Å². The molecule has 0 unspecified atom stereocenters. The normalized spacial score (nSPS) is 14.7. The highest BCUT2D eigenvalue weighted by Crippen LogP contribution is 2.56. The van der Waals surface area contributed by atoms with Crippen molar-refractivity contribution in [3.8, 4) is 44.5 Å². The van der Waals surface area contributed by atoms with Gasteiger partial charge in [-0.3, -0.25) is 0 Å². The summed E-state index contributed by atoms with van der Waals surface area (Å²) < 4.78 is 0. The molecule has 0 aromatic heterocycles. The maximum atomic E-state index is 2.51. The third kappa shape index (κ3) is 5.46. The van der Waals surface area contributed by atoms with Crippen LogP contribution in [0.5, 0.6) is 0 Å². The van der Waals surface area contributed by atoms with E-state index in [9.17, 15) is 0 Å². The largest absolute Gasteiger partial charge is 0.310 e. The minimum Gasteiger partial charge on any atom is -0.310 e. The van der Waals surface area contributed by atoms with Gasteiger partial charge in [0.1, 0.15) is 0 Å². The molecule has 260 valence electrons. The van der Waals surface area contributed by atoms with E-state index in [0.29, 0.717) is 0 Å². The van der Waals surface area contributed by atoms with Crippen LogP contribution in [0, 0.1) is 0 Å². The van der Waals surface area contributed by atoms with E-state index in [1.54, 1.807) is 0 Å². The van der Waals surface area contributed by atoms with Crippen LogP contribution < -0.4 is 4.90 Å². The Morgan fingerprint density at radius 1 is 0.463 bits per heavy atom. The molecule has 0 saturated carbocycles. The number of benzene rings is 7. The maximum Gasteiger partial charge on any atom is 0.0539 e. The van der Waals surface area contributed by atoms with Gasteiger partial charge in [-0.1, -0.05) is 153 Å². The fourth-order valence-corrected chi connectivity index (χ4v) is 9.14. The maximum absolute atomic E-state index is 2.51. The molecule has 54 heavy (non-hydrogen) atoms. The second kappa shape index (κ2) is 13.0. The van der Waals surface area contributed by atoms with Gasteiger partial charge in [0.05, 0.1) is 5.69 Å². The van der Waals surface area contributed by atoms with Gasteiger partial charge in [0.15, 0.2) is 0 Å². The summed E-state index contributed by atoms with van der Waals surface area (Å²) in [7, 11) is 0. The van der Waals surface area contributed by atoms with E-state index in [1.807, 2.05) is 0 Å². The van der Waals surface area contributed by atoms with Gasteiger partial charge < -0.3 is 4.90 Å². The minimum absolute atomic E-state index is 0.147. The molecule has 7 aromatic carbocycles. The Hall–Kier alpha value is -6.18. The van der Waals surface area contributed by atoms with Crippen LogP contribution in [0.1, 0.15) is 54.5 Å². The van der Waals surface area contributed by atoms with Gasteiger partial charge in [-0.15, -0.1) is 0 Å². The molecule has 7 aromatic rings. The summed E-state index contributed by atoms with van der Waals surface area (Å²) in [4.78, 5) is 2.51. The molecule has 0 N–H and O–H groups in total. The molecule has 0 radical (unpaired) electrons. The van der Waals surface area contributed by atoms with Gasteiger partial charge in [0.2, 0.25) is 0 Å². The van der Waals surface area contributed by atoms with Crippen molar-refractivity contribution in [2.24, 2.45) is 0 Å². The summed E-state index contributed by atoms with van der Waals surface area (Å²) in [5.74, 6) is 0. The predicted octanol–water partition coefficient (Wildman–Crippen LogP) is 14.3. The van der Waals surface area contributed by atoms with Crippen LogP contribution in [-0.2, 0) is 18.3 Å². The number of hydrogen-bond acceptors (Lipinski definition) is 1. The van der Waals surface area contributed by atoms with Crippen LogP contribution in [0.25, 0.3) is 50.1 Å². The topological polar surface area (TPSA) is 3.24 Å². The molecule has 10 rings (SSSR count). The van der Waals surface area contributed by atoms with E-state index in [0.717, 1.165) is 25.7 Å². The van der Waals surface area contributed by atoms with Gasteiger partial charge in [0, 0.05) is 22.4 Å². The standard InChI is InChI=1S/C53H43N/c1-53(2)48-34-44(40-24-22-38(23-25-40)36-14-6-3-7-15-36)32-42-26-27-43-33-46(35-49(53)52(43)51(42)48)54(45-30-28-39(29-31-45)37-16-8-4-9-17-37)50-21-13-12-20-47(50)41-18-10-5-11-19-41/h3-4,6-10,12-25,28-35H,5,11,26-27H2,1-2H3. The van der Waals surface area contributed by atoms with Crippen molar-refractivity contribution in [3.05, 3.63) is 204 Å². The van der Waals surface area contributed by atoms with Crippen LogP contribution in [0.4, 0.5) is 17.1 Å². The first-order valence-electron chi connectivity index (χ1n) is 19.5. The van der Waals surface area contributed by atoms with Gasteiger partial charge in [-0.2, -0.15) is 0 Å². The number of allylic oxidation sites excluding steroid dienone is 4. The molecule has 0 fully saturated rings. The van der Waals surface area contributed by atoms with Gasteiger partial charge in [-0.25, -0.2) is 0 Å². The molecular formula is C53H43N. The third-order valence-electron chi connectivity index (χ3n) is 12.0. The number of hydrogen-bond donors (Lipinski definition) is 0. The van der Waals surface area contributed by atoms with Gasteiger partial charge in [0.25, 0.3) is 0 Å². The number of aryl methyl sites for hydroxylation is 2. The molecule has 3 aliphatic rings. The van der Waals surface area contributed by atoms with E-state index in [4.69, 9.17) is 0 Å². The van der Waals surface area contributed by atoms with E-state index in [1.165, 1.54) is 95.0 Å². The number of anilines is 3. The molecule has 0 heterocycles. The zero-order valence-electron chi connectivity index (χ0n) is 31.0. The minimum atomic E-state index is -0.147. The first-order valence-corrected chi connectivity index (χ1v) is 19.5. The van der Waals surface area contributed by atoms with Crippen LogP contribution in [0.2, 0.25) is 0 Å². The lowest BCUT2D eigenvalue weighted by atomic mass is 9.81. The molecule has 0 atom stereocenters. The highest BCUT2D eigenvalue weighted by molar-refractivity contribution is 5.94. The van der Waals surface area contributed by atoms with Crippen LogP contribution >= 0.6 is 0 Å². The summed E-state index contributed by atoms with van der Waals surface area (Å²) in [5, 5.41) is 0. The lowest BCUT2D eigenvalue weighted by Crippen LogP contribution is -2.17. The van der Waals surface area contributed by atoms with E-state index < -0.39 is 0 Å². The average Bonchev–Trinajstić information content (AvgIpc) is 3.47. The summed E-state index contributed by atoms with van der Waals surface area (Å²) >= 11 is 0. The first kappa shape index (κ1) is 32.5. The fraction of sp³-hybridized carbons (Fsp3) is 0.132. The number of para-hydroxylation sites is 1. The lowest BCUT2D eigenvalue weighted by Gasteiger charge is -2.31. The highest BCUT2D eigenvalue weighted by atomic mass is 15.1.